The van der Waals surface area contributed by atoms with E-state index in [0.717, 1.165) is 11.0 Å². The largest absolute Gasteiger partial charge is 0.379 e. The van der Waals surface area contributed by atoms with Gasteiger partial charge in [0.15, 0.2) is 0 Å². The van der Waals surface area contributed by atoms with Crippen molar-refractivity contribution in [3.63, 3.8) is 0 Å². The third kappa shape index (κ3) is 4.08. The topological polar surface area (TPSA) is 82.3 Å². The van der Waals surface area contributed by atoms with E-state index in [9.17, 15) is 8.42 Å². The molecule has 0 N–H and O–H groups in total. The molecule has 122 valence electrons. The molecule has 1 heterocycles. The van der Waals surface area contributed by atoms with Crippen LogP contribution in [0, 0.1) is 6.92 Å². The summed E-state index contributed by atoms with van der Waals surface area (Å²) in [4.78, 5) is 4.10. The van der Waals surface area contributed by atoms with Crippen molar-refractivity contribution in [3.8, 4) is 17.1 Å². The summed E-state index contributed by atoms with van der Waals surface area (Å²) in [7, 11) is -3.84. The third-order valence-corrected chi connectivity index (χ3v) is 3.97. The number of aryl methyl sites for hydroxylation is 1. The van der Waals surface area contributed by atoms with Crippen LogP contribution in [-0.4, -0.2) is 18.6 Å². The van der Waals surface area contributed by atoms with E-state index in [0.29, 0.717) is 17.3 Å². The Labute approximate surface area is 139 Å². The van der Waals surface area contributed by atoms with E-state index < -0.39 is 10.1 Å². The van der Waals surface area contributed by atoms with Crippen LogP contribution in [0.2, 0.25) is 0 Å². The lowest BCUT2D eigenvalue weighted by molar-refractivity contribution is 0.394. The van der Waals surface area contributed by atoms with Crippen LogP contribution < -0.4 is 4.18 Å². The minimum atomic E-state index is -3.84. The first kappa shape index (κ1) is 15.9. The minimum Gasteiger partial charge on any atom is -0.379 e. The zero-order valence-electron chi connectivity index (χ0n) is 12.8. The summed E-state index contributed by atoms with van der Waals surface area (Å²) in [5.41, 5.74) is 1.48. The smallest absolute Gasteiger partial charge is 0.332 e. The lowest BCUT2D eigenvalue weighted by atomic mass is 10.2. The summed E-state index contributed by atoms with van der Waals surface area (Å²) in [6.07, 6.45) is 1.48. The van der Waals surface area contributed by atoms with Crippen molar-refractivity contribution in [3.05, 3.63) is 71.5 Å². The summed E-state index contributed by atoms with van der Waals surface area (Å²) in [6, 6.07) is 15.5. The Morgan fingerprint density at radius 3 is 2.38 bits per heavy atom. The predicted molar refractivity (Wildman–Crippen MR) is 89.5 cm³/mol. The molecule has 24 heavy (non-hydrogen) atoms. The van der Waals surface area contributed by atoms with Crippen molar-refractivity contribution < 1.29 is 17.1 Å². The molecule has 0 bridgehead atoms. The van der Waals surface area contributed by atoms with Crippen LogP contribution in [0.1, 0.15) is 11.5 Å². The number of aromatic nitrogens is 2. The van der Waals surface area contributed by atoms with Crippen LogP contribution in [0.25, 0.3) is 17.5 Å². The highest BCUT2D eigenvalue weighted by Gasteiger charge is 2.10. The second kappa shape index (κ2) is 6.67. The number of benzene rings is 2. The van der Waals surface area contributed by atoms with E-state index in [4.69, 9.17) is 8.71 Å². The van der Waals surface area contributed by atoms with E-state index in [1.807, 2.05) is 18.2 Å². The molecule has 0 amide bonds. The first-order chi connectivity index (χ1) is 11.5. The van der Waals surface area contributed by atoms with E-state index in [2.05, 4.69) is 10.1 Å². The average molecular weight is 342 g/mol. The van der Waals surface area contributed by atoms with Crippen LogP contribution in [-0.2, 0) is 10.1 Å². The van der Waals surface area contributed by atoms with Crippen LogP contribution in [0.5, 0.6) is 5.75 Å². The van der Waals surface area contributed by atoms with Gasteiger partial charge in [-0.2, -0.15) is 13.4 Å². The van der Waals surface area contributed by atoms with Crippen LogP contribution >= 0.6 is 0 Å². The molecule has 6 nitrogen and oxygen atoms in total. The predicted octanol–water partition coefficient (Wildman–Crippen LogP) is 3.42. The van der Waals surface area contributed by atoms with Crippen LogP contribution in [0.15, 0.2) is 64.5 Å². The fourth-order valence-corrected chi connectivity index (χ4v) is 2.72. The summed E-state index contributed by atoms with van der Waals surface area (Å²) < 4.78 is 33.9. The first-order valence-electron chi connectivity index (χ1n) is 7.10. The maximum atomic E-state index is 12.0. The standard InChI is InChI=1S/C17H14N2O4S/c1-13-18-17(19-22-13)15-7-9-16(10-8-15)23-24(20,21)12-11-14-5-3-2-4-6-14/h2-12H,1H3/b12-11+. The van der Waals surface area contributed by atoms with Gasteiger partial charge in [0.05, 0.1) is 5.41 Å². The summed E-state index contributed by atoms with van der Waals surface area (Å²) in [6.45, 7) is 1.69. The molecule has 3 rings (SSSR count). The average Bonchev–Trinajstić information content (AvgIpc) is 3.01. The number of hydrogen-bond acceptors (Lipinski definition) is 6. The van der Waals surface area contributed by atoms with Gasteiger partial charge in [0.25, 0.3) is 0 Å². The lowest BCUT2D eigenvalue weighted by Gasteiger charge is -2.03. The molecule has 7 heteroatoms. The Kier molecular flexibility index (Phi) is 4.43. The Bertz CT molecular complexity index is 946. The molecule has 0 spiro atoms. The molecule has 0 unspecified atom stereocenters. The Hall–Kier alpha value is -2.93. The third-order valence-electron chi connectivity index (χ3n) is 3.08. The Morgan fingerprint density at radius 1 is 1.04 bits per heavy atom. The van der Waals surface area contributed by atoms with Gasteiger partial charge >= 0.3 is 10.1 Å². The maximum absolute atomic E-state index is 12.0. The van der Waals surface area contributed by atoms with Gasteiger partial charge in [-0.05, 0) is 35.9 Å². The molecular formula is C17H14N2O4S. The molecule has 0 aliphatic carbocycles. The van der Waals surface area contributed by atoms with Gasteiger partial charge in [-0.1, -0.05) is 35.5 Å². The van der Waals surface area contributed by atoms with Crippen LogP contribution in [0.4, 0.5) is 0 Å². The van der Waals surface area contributed by atoms with Gasteiger partial charge in [-0.3, -0.25) is 0 Å². The van der Waals surface area contributed by atoms with Gasteiger partial charge in [-0.25, -0.2) is 0 Å². The minimum absolute atomic E-state index is 0.205. The fourth-order valence-electron chi connectivity index (χ4n) is 1.96. The number of rotatable bonds is 5. The van der Waals surface area contributed by atoms with Crippen molar-refractivity contribution in [2.45, 2.75) is 6.92 Å². The van der Waals surface area contributed by atoms with Crippen molar-refractivity contribution in [1.82, 2.24) is 10.1 Å². The normalized spacial score (nSPS) is 11.7. The van der Waals surface area contributed by atoms with Crippen LogP contribution in [0.3, 0.4) is 0 Å². The molecular weight excluding hydrogens is 328 g/mol. The molecule has 0 aliphatic rings. The first-order valence-corrected chi connectivity index (χ1v) is 8.57. The van der Waals surface area contributed by atoms with Gasteiger partial charge in [-0.15, -0.1) is 0 Å². The van der Waals surface area contributed by atoms with Crippen molar-refractivity contribution in [2.24, 2.45) is 0 Å². The Balaban J connectivity index is 1.72. The molecule has 3 aromatic rings. The van der Waals surface area contributed by atoms with Gasteiger partial charge in [0.2, 0.25) is 11.7 Å². The second-order valence-electron chi connectivity index (χ2n) is 4.95. The van der Waals surface area contributed by atoms with Gasteiger partial charge in [0.1, 0.15) is 5.75 Å². The van der Waals surface area contributed by atoms with Crippen molar-refractivity contribution in [2.75, 3.05) is 0 Å². The lowest BCUT2D eigenvalue weighted by Crippen LogP contribution is -2.04. The van der Waals surface area contributed by atoms with Gasteiger partial charge < -0.3 is 8.71 Å². The van der Waals surface area contributed by atoms with Crippen molar-refractivity contribution >= 4 is 16.2 Å². The maximum Gasteiger partial charge on any atom is 0.332 e. The highest BCUT2D eigenvalue weighted by Crippen LogP contribution is 2.21. The monoisotopic (exact) mass is 342 g/mol. The molecule has 2 aromatic carbocycles. The van der Waals surface area contributed by atoms with Crippen molar-refractivity contribution in [1.29, 1.82) is 0 Å². The van der Waals surface area contributed by atoms with E-state index >= 15 is 0 Å². The highest BCUT2D eigenvalue weighted by molar-refractivity contribution is 7.90. The molecule has 0 saturated heterocycles. The van der Waals surface area contributed by atoms with E-state index in [-0.39, 0.29) is 5.75 Å². The summed E-state index contributed by atoms with van der Waals surface area (Å²) >= 11 is 0. The SMILES string of the molecule is Cc1nc(-c2ccc(OS(=O)(=O)/C=C/c3ccccc3)cc2)no1. The molecule has 0 aliphatic heterocycles. The molecule has 0 radical (unpaired) electrons. The summed E-state index contributed by atoms with van der Waals surface area (Å²) in [5, 5.41) is 4.82. The van der Waals surface area contributed by atoms with Gasteiger partial charge in [0, 0.05) is 12.5 Å². The van der Waals surface area contributed by atoms with E-state index in [1.54, 1.807) is 31.2 Å². The highest BCUT2D eigenvalue weighted by atomic mass is 32.2. The van der Waals surface area contributed by atoms with E-state index in [1.165, 1.54) is 18.2 Å². The Morgan fingerprint density at radius 2 is 1.75 bits per heavy atom. The fraction of sp³-hybridized carbons (Fsp3) is 0.0588. The molecule has 0 fully saturated rings. The molecule has 1 aromatic heterocycles. The number of hydrogen-bond donors (Lipinski definition) is 0. The number of nitrogens with zero attached hydrogens (tertiary/aromatic N) is 2. The molecule has 0 atom stereocenters. The molecule has 0 saturated carbocycles. The quantitative estimate of drug-likeness (QED) is 0.661. The zero-order valence-corrected chi connectivity index (χ0v) is 13.6. The zero-order chi connectivity index (χ0) is 17.0. The second-order valence-corrected chi connectivity index (χ2v) is 6.38. The summed E-state index contributed by atoms with van der Waals surface area (Å²) in [5.74, 6) is 1.10.